The van der Waals surface area contributed by atoms with Crippen LogP contribution in [0, 0.1) is 5.82 Å². The average molecular weight is 372 g/mol. The molecule has 2 N–H and O–H groups in total. The van der Waals surface area contributed by atoms with Crippen molar-refractivity contribution in [2.45, 2.75) is 71.5 Å². The van der Waals surface area contributed by atoms with Gasteiger partial charge in [-0.25, -0.2) is 4.39 Å². The minimum absolute atomic E-state index is 0.0916. The van der Waals surface area contributed by atoms with E-state index in [0.29, 0.717) is 6.04 Å². The summed E-state index contributed by atoms with van der Waals surface area (Å²) in [7, 11) is 0. The molecule has 2 aliphatic heterocycles. The maximum Gasteiger partial charge on any atom is 0.131 e. The topological polar surface area (TPSA) is 27.3 Å². The summed E-state index contributed by atoms with van der Waals surface area (Å²) < 4.78 is 14.8. The molecule has 1 aromatic carbocycles. The van der Waals surface area contributed by atoms with Gasteiger partial charge in [0.2, 0.25) is 0 Å². The molecule has 0 bridgehead atoms. The van der Waals surface area contributed by atoms with E-state index in [2.05, 4.69) is 68.5 Å². The van der Waals surface area contributed by atoms with Crippen LogP contribution in [-0.4, -0.2) is 29.6 Å². The highest BCUT2D eigenvalue weighted by Crippen LogP contribution is 2.29. The largest absolute Gasteiger partial charge is 0.386 e. The summed E-state index contributed by atoms with van der Waals surface area (Å²) in [5.41, 5.74) is 4.24. The lowest BCUT2D eigenvalue weighted by Crippen LogP contribution is -2.43. The summed E-state index contributed by atoms with van der Waals surface area (Å²) in [5.74, 6) is -0.110. The highest BCUT2D eigenvalue weighted by atomic mass is 19.1. The van der Waals surface area contributed by atoms with Crippen LogP contribution >= 0.6 is 0 Å². The van der Waals surface area contributed by atoms with Crippen molar-refractivity contribution in [3.8, 4) is 0 Å². The molecule has 0 saturated carbocycles. The summed E-state index contributed by atoms with van der Waals surface area (Å²) in [6.45, 7) is 12.8. The Hall–Kier alpha value is -1.81. The Morgan fingerprint density at radius 3 is 2.67 bits per heavy atom. The maximum absolute atomic E-state index is 14.8. The van der Waals surface area contributed by atoms with Crippen molar-refractivity contribution in [1.82, 2.24) is 15.5 Å². The third-order valence-electron chi connectivity index (χ3n) is 5.85. The minimum atomic E-state index is -0.110. The molecule has 148 valence electrons. The number of hydrogen-bond donors (Lipinski definition) is 2. The molecule has 3 nitrogen and oxygen atoms in total. The van der Waals surface area contributed by atoms with Crippen molar-refractivity contribution in [2.75, 3.05) is 13.1 Å². The van der Waals surface area contributed by atoms with E-state index >= 15 is 0 Å². The first kappa shape index (κ1) is 19.9. The number of nitrogens with one attached hydrogen (secondary N) is 2. The summed E-state index contributed by atoms with van der Waals surface area (Å²) in [6.07, 6.45) is 7.27. The Bertz CT molecular complexity index is 730. The van der Waals surface area contributed by atoms with Gasteiger partial charge in [-0.15, -0.1) is 0 Å². The van der Waals surface area contributed by atoms with Crippen LogP contribution in [0.25, 0.3) is 5.57 Å². The summed E-state index contributed by atoms with van der Waals surface area (Å²) in [6, 6.07) is 6.33. The van der Waals surface area contributed by atoms with E-state index < -0.39 is 0 Å². The SMILES string of the molecule is CCC1CC(NC(C)c2ccc(C3=CCN(C(C)(C)C)CC3)c(F)c2)=CN1. The quantitative estimate of drug-likeness (QED) is 0.765. The van der Waals surface area contributed by atoms with Crippen molar-refractivity contribution in [3.63, 3.8) is 0 Å². The van der Waals surface area contributed by atoms with Crippen LogP contribution in [0.1, 0.15) is 71.0 Å². The van der Waals surface area contributed by atoms with Gasteiger partial charge in [0.05, 0.1) is 0 Å². The monoisotopic (exact) mass is 371 g/mol. The van der Waals surface area contributed by atoms with Gasteiger partial charge in [-0.2, -0.15) is 0 Å². The fraction of sp³-hybridized carbons (Fsp3) is 0.565. The highest BCUT2D eigenvalue weighted by Gasteiger charge is 2.24. The zero-order valence-corrected chi connectivity index (χ0v) is 17.4. The van der Waals surface area contributed by atoms with Gasteiger partial charge in [0.25, 0.3) is 0 Å². The normalized spacial score (nSPS) is 22.1. The molecular formula is C23H34FN3. The summed E-state index contributed by atoms with van der Waals surface area (Å²) in [5, 5.41) is 6.90. The molecule has 0 radical (unpaired) electrons. The van der Waals surface area contributed by atoms with E-state index in [1.807, 2.05) is 6.07 Å². The van der Waals surface area contributed by atoms with Crippen LogP contribution in [0.2, 0.25) is 0 Å². The second-order valence-electron chi connectivity index (χ2n) is 8.85. The zero-order chi connectivity index (χ0) is 19.6. The Morgan fingerprint density at radius 2 is 2.11 bits per heavy atom. The van der Waals surface area contributed by atoms with E-state index in [9.17, 15) is 4.39 Å². The minimum Gasteiger partial charge on any atom is -0.386 e. The Kier molecular flexibility index (Phi) is 5.95. The second-order valence-corrected chi connectivity index (χ2v) is 8.85. The third kappa shape index (κ3) is 4.73. The molecular weight excluding hydrogens is 337 g/mol. The molecule has 0 spiro atoms. The van der Waals surface area contributed by atoms with Crippen molar-refractivity contribution >= 4 is 5.57 Å². The van der Waals surface area contributed by atoms with E-state index in [1.165, 1.54) is 5.70 Å². The molecule has 0 aliphatic carbocycles. The fourth-order valence-corrected chi connectivity index (χ4v) is 3.91. The Morgan fingerprint density at radius 1 is 1.33 bits per heavy atom. The lowest BCUT2D eigenvalue weighted by atomic mass is 9.94. The van der Waals surface area contributed by atoms with Crippen molar-refractivity contribution in [1.29, 1.82) is 0 Å². The lowest BCUT2D eigenvalue weighted by molar-refractivity contribution is 0.153. The number of nitrogens with zero attached hydrogens (tertiary/aromatic N) is 1. The number of rotatable bonds is 5. The smallest absolute Gasteiger partial charge is 0.131 e. The molecule has 27 heavy (non-hydrogen) atoms. The zero-order valence-electron chi connectivity index (χ0n) is 17.4. The Labute approximate surface area is 163 Å². The van der Waals surface area contributed by atoms with Crippen LogP contribution in [-0.2, 0) is 0 Å². The van der Waals surface area contributed by atoms with Gasteiger partial charge >= 0.3 is 0 Å². The molecule has 2 unspecified atom stereocenters. The standard InChI is InChI=1S/C23H34FN3/c1-6-19-14-20(15-25-19)26-16(2)18-7-8-21(22(24)13-18)17-9-11-27(12-10-17)23(3,4)5/h7-9,13,15-16,19,25-26H,6,10-12,14H2,1-5H3. The fourth-order valence-electron chi connectivity index (χ4n) is 3.91. The van der Waals surface area contributed by atoms with Crippen LogP contribution < -0.4 is 10.6 Å². The third-order valence-corrected chi connectivity index (χ3v) is 5.85. The molecule has 2 aliphatic rings. The number of benzene rings is 1. The molecule has 2 heterocycles. The molecule has 1 aromatic rings. The van der Waals surface area contributed by atoms with Gasteiger partial charge in [-0.1, -0.05) is 25.1 Å². The van der Waals surface area contributed by atoms with Gasteiger partial charge in [0.1, 0.15) is 5.82 Å². The first-order valence-electron chi connectivity index (χ1n) is 10.2. The van der Waals surface area contributed by atoms with E-state index in [1.54, 1.807) is 6.07 Å². The maximum atomic E-state index is 14.8. The highest BCUT2D eigenvalue weighted by molar-refractivity contribution is 5.67. The van der Waals surface area contributed by atoms with Gasteiger partial charge in [-0.3, -0.25) is 4.90 Å². The Balaban J connectivity index is 1.66. The van der Waals surface area contributed by atoms with Crippen molar-refractivity contribution in [2.24, 2.45) is 0 Å². The van der Waals surface area contributed by atoms with E-state index in [0.717, 1.165) is 49.1 Å². The van der Waals surface area contributed by atoms with Crippen molar-refractivity contribution in [3.05, 3.63) is 53.1 Å². The van der Waals surface area contributed by atoms with Crippen LogP contribution in [0.5, 0.6) is 0 Å². The first-order chi connectivity index (χ1) is 12.8. The van der Waals surface area contributed by atoms with E-state index in [-0.39, 0.29) is 17.4 Å². The predicted octanol–water partition coefficient (Wildman–Crippen LogP) is 4.98. The van der Waals surface area contributed by atoms with Gasteiger partial charge < -0.3 is 10.6 Å². The predicted molar refractivity (Wildman–Crippen MR) is 112 cm³/mol. The summed E-state index contributed by atoms with van der Waals surface area (Å²) in [4.78, 5) is 2.43. The first-order valence-corrected chi connectivity index (χ1v) is 10.2. The van der Waals surface area contributed by atoms with Crippen molar-refractivity contribution < 1.29 is 4.39 Å². The molecule has 0 amide bonds. The van der Waals surface area contributed by atoms with Gasteiger partial charge in [0.15, 0.2) is 0 Å². The molecule has 0 fully saturated rings. The van der Waals surface area contributed by atoms with Gasteiger partial charge in [0, 0.05) is 54.6 Å². The molecule has 2 atom stereocenters. The summed E-state index contributed by atoms with van der Waals surface area (Å²) >= 11 is 0. The van der Waals surface area contributed by atoms with Crippen LogP contribution in [0.15, 0.2) is 36.2 Å². The van der Waals surface area contributed by atoms with Crippen LogP contribution in [0.4, 0.5) is 4.39 Å². The van der Waals surface area contributed by atoms with Gasteiger partial charge in [-0.05, 0) is 57.7 Å². The lowest BCUT2D eigenvalue weighted by Gasteiger charge is -2.37. The molecule has 3 rings (SSSR count). The average Bonchev–Trinajstić information content (AvgIpc) is 3.08. The molecule has 0 saturated heterocycles. The molecule has 0 aromatic heterocycles. The number of halogens is 1. The van der Waals surface area contributed by atoms with E-state index in [4.69, 9.17) is 0 Å². The second kappa shape index (κ2) is 8.05. The number of hydrogen-bond acceptors (Lipinski definition) is 3. The molecule has 4 heteroatoms. The van der Waals surface area contributed by atoms with Crippen LogP contribution in [0.3, 0.4) is 0 Å².